The number of carbonyl (C=O) groups excluding carboxylic acids is 2. The number of thioether (sulfide) groups is 1. The monoisotopic (exact) mass is 296 g/mol. The average Bonchev–Trinajstić information content (AvgIpc) is 3.21. The van der Waals surface area contributed by atoms with E-state index < -0.39 is 0 Å². The summed E-state index contributed by atoms with van der Waals surface area (Å²) in [5.41, 5.74) is 0. The van der Waals surface area contributed by atoms with Crippen LogP contribution in [0.3, 0.4) is 0 Å². The van der Waals surface area contributed by atoms with Gasteiger partial charge in [0.15, 0.2) is 0 Å². The first-order valence-corrected chi connectivity index (χ1v) is 8.51. The highest BCUT2D eigenvalue weighted by Crippen LogP contribution is 2.35. The highest BCUT2D eigenvalue weighted by atomic mass is 32.2. The molecule has 1 saturated carbocycles. The lowest BCUT2D eigenvalue weighted by atomic mass is 9.95. The quantitative estimate of drug-likeness (QED) is 0.574. The van der Waals surface area contributed by atoms with Crippen LogP contribution in [0.4, 0.5) is 0 Å². The van der Waals surface area contributed by atoms with Crippen LogP contribution in [0.1, 0.15) is 26.7 Å². The third-order valence-corrected chi connectivity index (χ3v) is 4.83. The number of hydrogen-bond donors (Lipinski definition) is 1. The van der Waals surface area contributed by atoms with Gasteiger partial charge in [0.1, 0.15) is 12.1 Å². The molecule has 2 amide bonds. The Balaban J connectivity index is 2.04. The molecule has 0 spiro atoms. The van der Waals surface area contributed by atoms with E-state index >= 15 is 0 Å². The molecule has 1 saturated heterocycles. The number of piperazine rings is 1. The lowest BCUT2D eigenvalue weighted by Gasteiger charge is -2.41. The number of rotatable bonds is 7. The lowest BCUT2D eigenvalue weighted by molar-refractivity contribution is -0.151. The molecule has 112 valence electrons. The van der Waals surface area contributed by atoms with Crippen molar-refractivity contribution in [3.63, 3.8) is 0 Å². The van der Waals surface area contributed by atoms with Crippen LogP contribution in [-0.4, -0.2) is 46.8 Å². The van der Waals surface area contributed by atoms with Gasteiger partial charge in [-0.15, -0.1) is 6.58 Å². The molecule has 0 aromatic rings. The van der Waals surface area contributed by atoms with E-state index in [1.165, 1.54) is 0 Å². The van der Waals surface area contributed by atoms with Crippen molar-refractivity contribution in [1.82, 2.24) is 10.2 Å². The first-order chi connectivity index (χ1) is 9.56. The first kappa shape index (κ1) is 15.4. The maximum atomic E-state index is 12.6. The summed E-state index contributed by atoms with van der Waals surface area (Å²) in [4.78, 5) is 26.7. The molecule has 0 bridgehead atoms. The summed E-state index contributed by atoms with van der Waals surface area (Å²) in [6.07, 6.45) is 3.98. The standard InChI is InChI=1S/C15H24N2O2S/c1-4-8-20-9-7-17-13(10(2)3)14(18)16-12(15(17)19)11-5-6-11/h4,10-13H,1,5-9H2,2-3H3,(H,16,18). The van der Waals surface area contributed by atoms with E-state index in [0.717, 1.165) is 24.3 Å². The Labute approximate surface area is 125 Å². The van der Waals surface area contributed by atoms with E-state index in [2.05, 4.69) is 11.9 Å². The van der Waals surface area contributed by atoms with Crippen molar-refractivity contribution in [1.29, 1.82) is 0 Å². The van der Waals surface area contributed by atoms with Gasteiger partial charge in [0.05, 0.1) is 0 Å². The minimum Gasteiger partial charge on any atom is -0.342 e. The van der Waals surface area contributed by atoms with Gasteiger partial charge in [-0.25, -0.2) is 0 Å². The number of amides is 2. The second kappa shape index (κ2) is 6.66. The number of hydrogen-bond acceptors (Lipinski definition) is 3. The Morgan fingerprint density at radius 3 is 2.70 bits per heavy atom. The summed E-state index contributed by atoms with van der Waals surface area (Å²) in [6.45, 7) is 8.34. The summed E-state index contributed by atoms with van der Waals surface area (Å²) in [6, 6.07) is -0.594. The van der Waals surface area contributed by atoms with Crippen LogP contribution in [0.2, 0.25) is 0 Å². The zero-order valence-corrected chi connectivity index (χ0v) is 13.1. The molecule has 1 aliphatic carbocycles. The molecule has 1 aliphatic heterocycles. The van der Waals surface area contributed by atoms with Crippen molar-refractivity contribution < 1.29 is 9.59 Å². The molecule has 2 aliphatic rings. The fraction of sp³-hybridized carbons (Fsp3) is 0.733. The topological polar surface area (TPSA) is 49.4 Å². The SMILES string of the molecule is C=CCSCCN1C(=O)C(C2CC2)NC(=O)C1C(C)C. The molecule has 2 unspecified atom stereocenters. The summed E-state index contributed by atoms with van der Waals surface area (Å²) in [5, 5.41) is 2.94. The molecule has 0 radical (unpaired) electrons. The van der Waals surface area contributed by atoms with Gasteiger partial charge in [0.2, 0.25) is 11.8 Å². The number of nitrogens with one attached hydrogen (secondary N) is 1. The van der Waals surface area contributed by atoms with Gasteiger partial charge >= 0.3 is 0 Å². The zero-order chi connectivity index (χ0) is 14.7. The van der Waals surface area contributed by atoms with Crippen molar-refractivity contribution in [3.05, 3.63) is 12.7 Å². The van der Waals surface area contributed by atoms with E-state index in [9.17, 15) is 9.59 Å². The fourth-order valence-corrected chi connectivity index (χ4v) is 3.41. The summed E-state index contributed by atoms with van der Waals surface area (Å²) in [5.74, 6) is 2.37. The maximum Gasteiger partial charge on any atom is 0.246 e. The van der Waals surface area contributed by atoms with E-state index in [1.807, 2.05) is 24.8 Å². The highest BCUT2D eigenvalue weighted by molar-refractivity contribution is 7.99. The summed E-state index contributed by atoms with van der Waals surface area (Å²) >= 11 is 1.75. The van der Waals surface area contributed by atoms with Crippen LogP contribution in [0, 0.1) is 11.8 Å². The van der Waals surface area contributed by atoms with E-state index in [-0.39, 0.29) is 29.8 Å². The maximum absolute atomic E-state index is 12.6. The zero-order valence-electron chi connectivity index (χ0n) is 12.3. The molecule has 4 nitrogen and oxygen atoms in total. The number of carbonyl (C=O) groups is 2. The predicted molar refractivity (Wildman–Crippen MR) is 82.5 cm³/mol. The molecule has 2 rings (SSSR count). The summed E-state index contributed by atoms with van der Waals surface area (Å²) < 4.78 is 0. The second-order valence-corrected chi connectivity index (χ2v) is 7.06. The minimum atomic E-state index is -0.318. The Hall–Kier alpha value is -0.970. The molecule has 0 aromatic heterocycles. The van der Waals surface area contributed by atoms with E-state index in [0.29, 0.717) is 12.5 Å². The van der Waals surface area contributed by atoms with E-state index in [1.54, 1.807) is 11.8 Å². The van der Waals surface area contributed by atoms with Gasteiger partial charge in [-0.2, -0.15) is 11.8 Å². The Morgan fingerprint density at radius 1 is 1.45 bits per heavy atom. The fourth-order valence-electron chi connectivity index (χ4n) is 2.75. The van der Waals surface area contributed by atoms with Crippen LogP contribution in [0.25, 0.3) is 0 Å². The van der Waals surface area contributed by atoms with Crippen LogP contribution in [0.5, 0.6) is 0 Å². The third-order valence-electron chi connectivity index (χ3n) is 3.89. The van der Waals surface area contributed by atoms with Gasteiger partial charge < -0.3 is 10.2 Å². The lowest BCUT2D eigenvalue weighted by Crippen LogP contribution is -2.65. The van der Waals surface area contributed by atoms with Gasteiger partial charge in [-0.1, -0.05) is 19.9 Å². The van der Waals surface area contributed by atoms with Crippen LogP contribution < -0.4 is 5.32 Å². The van der Waals surface area contributed by atoms with Crippen molar-refractivity contribution >= 4 is 23.6 Å². The molecule has 2 fully saturated rings. The molecular formula is C15H24N2O2S. The molecule has 20 heavy (non-hydrogen) atoms. The molecular weight excluding hydrogens is 272 g/mol. The largest absolute Gasteiger partial charge is 0.342 e. The smallest absolute Gasteiger partial charge is 0.246 e. The van der Waals surface area contributed by atoms with Crippen molar-refractivity contribution in [3.8, 4) is 0 Å². The Kier molecular flexibility index (Phi) is 5.13. The van der Waals surface area contributed by atoms with Crippen LogP contribution in [0.15, 0.2) is 12.7 Å². The highest BCUT2D eigenvalue weighted by Gasteiger charge is 2.47. The predicted octanol–water partition coefficient (Wildman–Crippen LogP) is 1.67. The Morgan fingerprint density at radius 2 is 2.15 bits per heavy atom. The Bertz CT molecular complexity index is 393. The first-order valence-electron chi connectivity index (χ1n) is 7.35. The van der Waals surface area contributed by atoms with Crippen LogP contribution >= 0.6 is 11.8 Å². The average molecular weight is 296 g/mol. The van der Waals surface area contributed by atoms with Gasteiger partial charge in [0.25, 0.3) is 0 Å². The normalized spacial score (nSPS) is 26.9. The molecule has 1 N–H and O–H groups in total. The van der Waals surface area contributed by atoms with Crippen molar-refractivity contribution in [2.45, 2.75) is 38.8 Å². The molecule has 2 atom stereocenters. The van der Waals surface area contributed by atoms with Crippen LogP contribution in [-0.2, 0) is 9.59 Å². The van der Waals surface area contributed by atoms with Crippen molar-refractivity contribution in [2.24, 2.45) is 11.8 Å². The summed E-state index contributed by atoms with van der Waals surface area (Å²) in [7, 11) is 0. The van der Waals surface area contributed by atoms with Gasteiger partial charge in [0, 0.05) is 18.1 Å². The molecule has 0 aromatic carbocycles. The minimum absolute atomic E-state index is 0.0187. The molecule has 5 heteroatoms. The van der Waals surface area contributed by atoms with Gasteiger partial charge in [-0.05, 0) is 24.7 Å². The molecule has 1 heterocycles. The third kappa shape index (κ3) is 3.37. The number of nitrogens with zero attached hydrogens (tertiary/aromatic N) is 1. The van der Waals surface area contributed by atoms with Crippen molar-refractivity contribution in [2.75, 3.05) is 18.1 Å². The second-order valence-electron chi connectivity index (χ2n) is 5.91. The van der Waals surface area contributed by atoms with Gasteiger partial charge in [-0.3, -0.25) is 9.59 Å². The van der Waals surface area contributed by atoms with E-state index in [4.69, 9.17) is 0 Å².